The first-order valence-electron chi connectivity index (χ1n) is 6.09. The third-order valence-corrected chi connectivity index (χ3v) is 3.10. The van der Waals surface area contributed by atoms with E-state index in [0.717, 1.165) is 5.56 Å². The summed E-state index contributed by atoms with van der Waals surface area (Å²) in [6, 6.07) is 9.84. The van der Waals surface area contributed by atoms with E-state index in [1.54, 1.807) is 29.4 Å². The van der Waals surface area contributed by atoms with Crippen LogP contribution in [0.5, 0.6) is 0 Å². The van der Waals surface area contributed by atoms with Gasteiger partial charge in [-0.3, -0.25) is 14.3 Å². The van der Waals surface area contributed by atoms with Gasteiger partial charge in [0.2, 0.25) is 0 Å². The molecule has 0 aliphatic carbocycles. The van der Waals surface area contributed by atoms with Gasteiger partial charge in [0.05, 0.1) is 30.0 Å². The minimum atomic E-state index is -0.0343. The molecule has 0 radical (unpaired) electrons. The van der Waals surface area contributed by atoms with Gasteiger partial charge >= 0.3 is 0 Å². The average molecular weight is 251 g/mol. The Hall–Kier alpha value is -2.49. The monoisotopic (exact) mass is 251 g/mol. The van der Waals surface area contributed by atoms with Crippen LogP contribution in [0, 0.1) is 6.92 Å². The van der Waals surface area contributed by atoms with Crippen LogP contribution in [-0.2, 0) is 6.54 Å². The number of aromatic nitrogens is 3. The fourth-order valence-electron chi connectivity index (χ4n) is 2.01. The Morgan fingerprint density at radius 2 is 1.95 bits per heavy atom. The average Bonchev–Trinajstić information content (AvgIpc) is 2.45. The number of hydrogen-bond acceptors (Lipinski definition) is 3. The van der Waals surface area contributed by atoms with Gasteiger partial charge < -0.3 is 0 Å². The second kappa shape index (κ2) is 4.65. The van der Waals surface area contributed by atoms with Gasteiger partial charge in [0, 0.05) is 6.20 Å². The molecule has 1 aromatic carbocycles. The summed E-state index contributed by atoms with van der Waals surface area (Å²) in [6.45, 7) is 2.57. The van der Waals surface area contributed by atoms with Gasteiger partial charge in [-0.2, -0.15) is 0 Å². The third kappa shape index (κ3) is 2.25. The van der Waals surface area contributed by atoms with Gasteiger partial charge in [0.15, 0.2) is 0 Å². The molecule has 0 unspecified atom stereocenters. The smallest absolute Gasteiger partial charge is 0.261 e. The molecule has 0 amide bonds. The van der Waals surface area contributed by atoms with E-state index in [-0.39, 0.29) is 5.56 Å². The topological polar surface area (TPSA) is 47.8 Å². The minimum Gasteiger partial charge on any atom is -0.294 e. The van der Waals surface area contributed by atoms with Crippen LogP contribution in [0.1, 0.15) is 11.1 Å². The van der Waals surface area contributed by atoms with E-state index < -0.39 is 0 Å². The van der Waals surface area contributed by atoms with Crippen LogP contribution in [0.4, 0.5) is 0 Å². The highest BCUT2D eigenvalue weighted by atomic mass is 16.1. The zero-order chi connectivity index (χ0) is 13.2. The Balaban J connectivity index is 2.04. The van der Waals surface area contributed by atoms with Gasteiger partial charge in [-0.1, -0.05) is 29.8 Å². The van der Waals surface area contributed by atoms with Crippen LogP contribution in [0.15, 0.2) is 53.8 Å². The molecule has 4 heteroatoms. The Bertz CT molecular complexity index is 775. The number of fused-ring (bicyclic) bond motifs is 1. The van der Waals surface area contributed by atoms with Crippen LogP contribution in [-0.4, -0.2) is 14.5 Å². The van der Waals surface area contributed by atoms with E-state index in [0.29, 0.717) is 17.4 Å². The number of rotatable bonds is 2. The molecule has 0 spiro atoms. The molecule has 0 aliphatic rings. The minimum absolute atomic E-state index is 0.0343. The molecule has 94 valence electrons. The zero-order valence-corrected chi connectivity index (χ0v) is 10.6. The van der Waals surface area contributed by atoms with Crippen LogP contribution >= 0.6 is 0 Å². The first kappa shape index (κ1) is 11.6. The molecule has 0 bridgehead atoms. The summed E-state index contributed by atoms with van der Waals surface area (Å²) >= 11 is 0. The van der Waals surface area contributed by atoms with Gasteiger partial charge in [0.1, 0.15) is 0 Å². The third-order valence-electron chi connectivity index (χ3n) is 3.10. The van der Waals surface area contributed by atoms with Crippen molar-refractivity contribution in [1.29, 1.82) is 0 Å². The van der Waals surface area contributed by atoms with Crippen LogP contribution in [0.2, 0.25) is 0 Å². The van der Waals surface area contributed by atoms with E-state index in [1.165, 1.54) is 5.56 Å². The van der Waals surface area contributed by atoms with Gasteiger partial charge in [-0.25, -0.2) is 4.98 Å². The van der Waals surface area contributed by atoms with E-state index >= 15 is 0 Å². The molecule has 0 aliphatic heterocycles. The van der Waals surface area contributed by atoms with E-state index in [2.05, 4.69) is 9.97 Å². The maximum atomic E-state index is 12.3. The summed E-state index contributed by atoms with van der Waals surface area (Å²) < 4.78 is 1.62. The SMILES string of the molecule is Cc1ccc(Cn2cnc3cnccc3c2=O)cc1. The summed E-state index contributed by atoms with van der Waals surface area (Å²) in [5.74, 6) is 0. The lowest BCUT2D eigenvalue weighted by molar-refractivity contribution is 0.748. The number of pyridine rings is 1. The summed E-state index contributed by atoms with van der Waals surface area (Å²) in [7, 11) is 0. The number of benzene rings is 1. The van der Waals surface area contributed by atoms with Crippen molar-refractivity contribution in [2.45, 2.75) is 13.5 Å². The van der Waals surface area contributed by atoms with Crippen molar-refractivity contribution in [3.8, 4) is 0 Å². The highest BCUT2D eigenvalue weighted by Gasteiger charge is 2.04. The Kier molecular flexibility index (Phi) is 2.83. The largest absolute Gasteiger partial charge is 0.294 e. The second-order valence-corrected chi connectivity index (χ2v) is 4.56. The predicted octanol–water partition coefficient (Wildman–Crippen LogP) is 2.15. The highest BCUT2D eigenvalue weighted by molar-refractivity contribution is 5.75. The van der Waals surface area contributed by atoms with Crippen molar-refractivity contribution in [3.05, 3.63) is 70.5 Å². The molecule has 3 rings (SSSR count). The van der Waals surface area contributed by atoms with Gasteiger partial charge in [-0.15, -0.1) is 0 Å². The lowest BCUT2D eigenvalue weighted by atomic mass is 10.1. The molecule has 3 aromatic rings. The maximum Gasteiger partial charge on any atom is 0.261 e. The number of aryl methyl sites for hydroxylation is 1. The summed E-state index contributed by atoms with van der Waals surface area (Å²) in [6.07, 6.45) is 4.79. The van der Waals surface area contributed by atoms with Crippen LogP contribution < -0.4 is 5.56 Å². The fraction of sp³-hybridized carbons (Fsp3) is 0.133. The van der Waals surface area contributed by atoms with Gasteiger partial charge in [-0.05, 0) is 18.6 Å². The molecule has 0 fully saturated rings. The van der Waals surface area contributed by atoms with Crippen molar-refractivity contribution < 1.29 is 0 Å². The molecule has 19 heavy (non-hydrogen) atoms. The second-order valence-electron chi connectivity index (χ2n) is 4.56. The molecule has 0 atom stereocenters. The quantitative estimate of drug-likeness (QED) is 0.701. The summed E-state index contributed by atoms with van der Waals surface area (Å²) in [4.78, 5) is 20.5. The molecule has 0 saturated heterocycles. The lowest BCUT2D eigenvalue weighted by Gasteiger charge is -2.06. The Labute approximate surface area is 110 Å². The Morgan fingerprint density at radius 3 is 2.74 bits per heavy atom. The van der Waals surface area contributed by atoms with Crippen LogP contribution in [0.3, 0.4) is 0 Å². The molecule has 0 N–H and O–H groups in total. The first-order valence-corrected chi connectivity index (χ1v) is 6.09. The Morgan fingerprint density at radius 1 is 1.16 bits per heavy atom. The molecule has 0 saturated carbocycles. The van der Waals surface area contributed by atoms with E-state index in [4.69, 9.17) is 0 Å². The summed E-state index contributed by atoms with van der Waals surface area (Å²) in [5, 5.41) is 0.601. The van der Waals surface area contributed by atoms with Crippen molar-refractivity contribution in [2.75, 3.05) is 0 Å². The van der Waals surface area contributed by atoms with Crippen molar-refractivity contribution in [1.82, 2.24) is 14.5 Å². The molecule has 2 heterocycles. The molecular weight excluding hydrogens is 238 g/mol. The zero-order valence-electron chi connectivity index (χ0n) is 10.6. The van der Waals surface area contributed by atoms with E-state index in [1.807, 2.05) is 31.2 Å². The fourth-order valence-corrected chi connectivity index (χ4v) is 2.01. The van der Waals surface area contributed by atoms with E-state index in [9.17, 15) is 4.79 Å². The maximum absolute atomic E-state index is 12.3. The van der Waals surface area contributed by atoms with Crippen molar-refractivity contribution in [2.24, 2.45) is 0 Å². The lowest BCUT2D eigenvalue weighted by Crippen LogP contribution is -2.21. The standard InChI is InChI=1S/C15H13N3O/c1-11-2-4-12(5-3-11)9-18-10-17-14-8-16-7-6-13(14)15(18)19/h2-8,10H,9H2,1H3. The number of nitrogens with zero attached hydrogens (tertiary/aromatic N) is 3. The van der Waals surface area contributed by atoms with Crippen LogP contribution in [0.25, 0.3) is 10.9 Å². The highest BCUT2D eigenvalue weighted by Crippen LogP contribution is 2.06. The molecule has 4 nitrogen and oxygen atoms in total. The normalized spacial score (nSPS) is 10.8. The number of hydrogen-bond donors (Lipinski definition) is 0. The first-order chi connectivity index (χ1) is 9.24. The predicted molar refractivity (Wildman–Crippen MR) is 74.1 cm³/mol. The molecular formula is C15H13N3O. The van der Waals surface area contributed by atoms with Crippen molar-refractivity contribution in [3.63, 3.8) is 0 Å². The summed E-state index contributed by atoms with van der Waals surface area (Å²) in [5.41, 5.74) is 2.89. The van der Waals surface area contributed by atoms with Crippen molar-refractivity contribution >= 4 is 10.9 Å². The molecule has 2 aromatic heterocycles. The van der Waals surface area contributed by atoms with Gasteiger partial charge in [0.25, 0.3) is 5.56 Å².